The predicted octanol–water partition coefficient (Wildman–Crippen LogP) is 14.1. The molecular formula is C78H102BBrN10O10S2. The average Bonchev–Trinajstić information content (AvgIpc) is 1.50. The predicted molar refractivity (Wildman–Crippen MR) is 408 cm³/mol. The van der Waals surface area contributed by atoms with Crippen LogP contribution in [0.25, 0.3) is 44.3 Å². The molecule has 2 aromatic heterocycles. The van der Waals surface area contributed by atoms with Crippen molar-refractivity contribution in [1.82, 2.24) is 47.8 Å². The van der Waals surface area contributed by atoms with Gasteiger partial charge >= 0.3 is 19.3 Å². The number of benzene rings is 6. The van der Waals surface area contributed by atoms with Crippen molar-refractivity contribution in [1.29, 1.82) is 0 Å². The van der Waals surface area contributed by atoms with Gasteiger partial charge in [-0.3, -0.25) is 0 Å². The minimum Gasteiger partial charge on any atom is -0.444 e. The van der Waals surface area contributed by atoms with Gasteiger partial charge in [0.2, 0.25) is 20.0 Å². The van der Waals surface area contributed by atoms with Crippen LogP contribution in [0.4, 0.5) is 9.59 Å². The molecule has 5 aliphatic heterocycles. The van der Waals surface area contributed by atoms with Crippen LogP contribution in [0.3, 0.4) is 0 Å². The van der Waals surface area contributed by atoms with Crippen LogP contribution in [0, 0.1) is 0 Å². The Hall–Kier alpha value is -7.00. The summed E-state index contributed by atoms with van der Waals surface area (Å²) in [5.74, 6) is 0.869. The van der Waals surface area contributed by atoms with E-state index in [1.54, 1.807) is 39.1 Å². The number of rotatable bonds is 12. The summed E-state index contributed by atoms with van der Waals surface area (Å²) in [7, 11) is 0.853. The van der Waals surface area contributed by atoms with Gasteiger partial charge in [0, 0.05) is 79.7 Å². The largest absolute Gasteiger partial charge is 0.494 e. The lowest BCUT2D eigenvalue weighted by molar-refractivity contribution is 0.00578. The van der Waals surface area contributed by atoms with E-state index in [-0.39, 0.29) is 30.5 Å². The summed E-state index contributed by atoms with van der Waals surface area (Å²) in [6.45, 7) is 24.7. The molecule has 5 aliphatic rings. The number of hydrogen-bond donors (Lipinski definition) is 0. The van der Waals surface area contributed by atoms with Crippen molar-refractivity contribution in [3.05, 3.63) is 161 Å². The molecule has 24 heteroatoms. The molecular weight excluding hydrogens is 1390 g/mol. The van der Waals surface area contributed by atoms with Crippen molar-refractivity contribution in [2.45, 2.75) is 177 Å². The maximum Gasteiger partial charge on any atom is 0.494 e. The number of piperidine rings is 4. The Morgan fingerprint density at radius 2 is 0.873 bits per heavy atom. The number of carbonyl (C=O) groups excluding carboxylic acids is 2. The summed E-state index contributed by atoms with van der Waals surface area (Å²) in [6.07, 6.45) is 10.4. The van der Waals surface area contributed by atoms with Gasteiger partial charge in [0.05, 0.1) is 55.8 Å². The van der Waals surface area contributed by atoms with Crippen LogP contribution in [0.2, 0.25) is 0 Å². The van der Waals surface area contributed by atoms with Crippen molar-refractivity contribution in [3.63, 3.8) is 0 Å². The first-order chi connectivity index (χ1) is 48.2. The fourth-order valence-corrected chi connectivity index (χ4v) is 17.4. The normalized spacial score (nSPS) is 18.7. The van der Waals surface area contributed by atoms with E-state index in [1.165, 1.54) is 11.1 Å². The molecule has 0 bridgehead atoms. The highest BCUT2D eigenvalue weighted by atomic mass is 79.9. The summed E-state index contributed by atoms with van der Waals surface area (Å²) in [5, 5.41) is 11.2. The van der Waals surface area contributed by atoms with E-state index in [0.29, 0.717) is 73.0 Å². The first kappa shape index (κ1) is 76.1. The summed E-state index contributed by atoms with van der Waals surface area (Å²) in [5.41, 5.74) is 7.82. The zero-order chi connectivity index (χ0) is 73.3. The maximum atomic E-state index is 13.4. The Morgan fingerprint density at radius 1 is 0.500 bits per heavy atom. The first-order valence-corrected chi connectivity index (χ1v) is 39.5. The number of nitrogens with zero attached hydrogens (tertiary/aromatic N) is 10. The highest BCUT2D eigenvalue weighted by Gasteiger charge is 2.52. The number of ether oxygens (including phenoxy) is 2. The fourth-order valence-electron chi connectivity index (χ4n) is 14.0. The van der Waals surface area contributed by atoms with E-state index in [1.807, 2.05) is 150 Å². The van der Waals surface area contributed by atoms with Crippen LogP contribution in [-0.2, 0) is 38.8 Å². The minimum absolute atomic E-state index is 0.206. The average molecular weight is 1490 g/mol. The molecule has 2 amide bonds. The highest BCUT2D eigenvalue weighted by Crippen LogP contribution is 2.39. The summed E-state index contributed by atoms with van der Waals surface area (Å²) >= 11 is 3.54. The third-order valence-corrected chi connectivity index (χ3v) is 25.4. The zero-order valence-electron chi connectivity index (χ0n) is 61.8. The quantitative estimate of drug-likeness (QED) is 0.105. The standard InChI is InChI=1S/C36H45N5O4S.C22H34BNO4.C20H23BrN4O2S/c1-36(2,3)45-35(42)39-21-17-27(18-22-39)26-9-11-28(12-10-26)32-7-6-8-34-33(32)25-37-41(34)30-13-15-31(16-14-30)46(43,44)40-23-19-29(20-24-40)38(4)5;1-20(2,3)26-19(25)24-14-12-17(13-15-24)16-8-10-18(11-9-16)23-27-21(4,5)22(6,7)28-23;1-23(2)15-10-12-24(13-11-15)28(26,27)17-8-6-16(7-9-17)25-20-5-3-4-19(21)18(20)14-22-25/h6-16,25,27,29H,17-24H2,1-5H3;8-11,17H,12-15H2,1-7H3;3-9,14-15H,10-13H2,1-2H3. The van der Waals surface area contributed by atoms with Crippen molar-refractivity contribution in [2.24, 2.45) is 0 Å². The van der Waals surface area contributed by atoms with Gasteiger partial charge in [-0.2, -0.15) is 18.8 Å². The smallest absolute Gasteiger partial charge is 0.444 e. The lowest BCUT2D eigenvalue weighted by atomic mass is 9.77. The second kappa shape index (κ2) is 31.0. The molecule has 0 atom stereocenters. The van der Waals surface area contributed by atoms with Gasteiger partial charge in [-0.15, -0.1) is 0 Å². The van der Waals surface area contributed by atoms with Gasteiger partial charge in [0.1, 0.15) is 11.2 Å². The summed E-state index contributed by atoms with van der Waals surface area (Å²) < 4.78 is 83.9. The Labute approximate surface area is 612 Å². The number of carbonyl (C=O) groups is 2. The van der Waals surface area contributed by atoms with E-state index >= 15 is 0 Å². The molecule has 0 spiro atoms. The Morgan fingerprint density at radius 3 is 1.26 bits per heavy atom. The van der Waals surface area contributed by atoms with E-state index in [2.05, 4.69) is 113 Å². The Kier molecular flexibility index (Phi) is 23.1. The van der Waals surface area contributed by atoms with Crippen molar-refractivity contribution in [3.8, 4) is 22.5 Å². The second-order valence-electron chi connectivity index (χ2n) is 31.1. The van der Waals surface area contributed by atoms with Crippen LogP contribution in [0.1, 0.15) is 144 Å². The molecule has 5 saturated heterocycles. The first-order valence-electron chi connectivity index (χ1n) is 35.8. The van der Waals surface area contributed by atoms with Gasteiger partial charge in [0.15, 0.2) is 0 Å². The van der Waals surface area contributed by atoms with Crippen LogP contribution in [-0.4, -0.2) is 199 Å². The molecule has 0 saturated carbocycles. The molecule has 13 rings (SSSR count). The molecule has 0 N–H and O–H groups in total. The van der Waals surface area contributed by atoms with Crippen LogP contribution < -0.4 is 5.46 Å². The summed E-state index contributed by atoms with van der Waals surface area (Å²) in [4.78, 5) is 33.3. The zero-order valence-corrected chi connectivity index (χ0v) is 65.0. The number of aromatic nitrogens is 4. The monoisotopic (exact) mass is 1490 g/mol. The number of likely N-dealkylation sites (tertiary alicyclic amines) is 2. The molecule has 102 heavy (non-hydrogen) atoms. The third kappa shape index (κ3) is 17.5. The van der Waals surface area contributed by atoms with Gasteiger partial charge in [-0.25, -0.2) is 35.8 Å². The van der Waals surface area contributed by atoms with Crippen LogP contribution in [0.15, 0.2) is 160 Å². The van der Waals surface area contributed by atoms with Crippen molar-refractivity contribution in [2.75, 3.05) is 80.5 Å². The SMILES string of the molecule is CC(C)(C)OC(=O)N1CCC(c2ccc(B3OC(C)(C)C(C)(C)O3)cc2)CC1.CN(C)C1CCN(S(=O)(=O)c2ccc(-n3ncc4c(-c5ccc(C6CCN(C(=O)OC(C)(C)C)CC6)cc5)cccc43)cc2)CC1.CN(C)C1CCN(S(=O)(=O)c2ccc(-n3ncc4c(Br)cccc43)cc2)CC1. The number of fused-ring (bicyclic) bond motifs is 2. The minimum atomic E-state index is -3.55. The van der Waals surface area contributed by atoms with Gasteiger partial charge in [-0.05, 0) is 255 Å². The molecule has 8 aromatic rings. The van der Waals surface area contributed by atoms with E-state index < -0.39 is 31.2 Å². The second-order valence-corrected chi connectivity index (χ2v) is 35.8. The highest BCUT2D eigenvalue weighted by molar-refractivity contribution is 9.10. The van der Waals surface area contributed by atoms with Crippen molar-refractivity contribution >= 4 is 82.6 Å². The number of hydrogen-bond acceptors (Lipinski definition) is 14. The van der Waals surface area contributed by atoms with Gasteiger partial charge in [-0.1, -0.05) is 82.7 Å². The maximum absolute atomic E-state index is 13.4. The van der Waals surface area contributed by atoms with Crippen molar-refractivity contribution < 1.29 is 45.2 Å². The molecule has 7 heterocycles. The van der Waals surface area contributed by atoms with Gasteiger partial charge < -0.3 is 38.4 Å². The summed E-state index contributed by atoms with van der Waals surface area (Å²) in [6, 6.07) is 44.3. The fraction of sp³-hybridized carbons (Fsp3) is 0.487. The Bertz CT molecular complexity index is 4410. The number of amides is 2. The molecule has 0 radical (unpaired) electrons. The van der Waals surface area contributed by atoms with E-state index in [4.69, 9.17) is 23.9 Å². The molecule has 6 aromatic carbocycles. The lowest BCUT2D eigenvalue weighted by Gasteiger charge is -2.34. The topological polar surface area (TPSA) is 194 Å². The van der Waals surface area contributed by atoms with E-state index in [9.17, 15) is 26.4 Å². The lowest BCUT2D eigenvalue weighted by Crippen LogP contribution is -2.44. The molecule has 5 fully saturated rings. The van der Waals surface area contributed by atoms with E-state index in [0.717, 1.165) is 119 Å². The molecule has 20 nitrogen and oxygen atoms in total. The number of halogens is 1. The Balaban J connectivity index is 0.000000162. The molecule has 546 valence electrons. The third-order valence-electron chi connectivity index (χ3n) is 20.8. The van der Waals surface area contributed by atoms with Gasteiger partial charge in [0.25, 0.3) is 0 Å². The van der Waals surface area contributed by atoms with Crippen LogP contribution >= 0.6 is 15.9 Å². The number of sulfonamides is 2. The molecule has 0 aliphatic carbocycles. The van der Waals surface area contributed by atoms with Crippen LogP contribution in [0.5, 0.6) is 0 Å². The molecule has 0 unspecified atom stereocenters.